The zero-order valence-electron chi connectivity index (χ0n) is 10.3. The normalized spacial score (nSPS) is 10.1. The Labute approximate surface area is 98.1 Å². The van der Waals surface area contributed by atoms with Crippen molar-refractivity contribution >= 4 is 11.6 Å². The van der Waals surface area contributed by atoms with Crippen LogP contribution >= 0.6 is 0 Å². The molecule has 1 rings (SSSR count). The topological polar surface area (TPSA) is 29.1 Å². The van der Waals surface area contributed by atoms with Crippen LogP contribution in [0.25, 0.3) is 0 Å². The Kier molecular flexibility index (Phi) is 5.62. The van der Waals surface area contributed by atoms with Crippen molar-refractivity contribution in [3.8, 4) is 0 Å². The van der Waals surface area contributed by atoms with Gasteiger partial charge in [-0.1, -0.05) is 38.8 Å². The molecule has 0 unspecified atom stereocenters. The van der Waals surface area contributed by atoms with Gasteiger partial charge in [-0.25, -0.2) is 0 Å². The standard InChI is InChI=1S/C14H21NO/c1-3-5-7-14(16)15-13-10-8-12(6-4-2)9-11-13/h8-11H,3-7H2,1-2H3,(H,15,16). The summed E-state index contributed by atoms with van der Waals surface area (Å²) in [5.41, 5.74) is 2.23. The third-order valence-corrected chi connectivity index (χ3v) is 2.53. The number of hydrogen-bond donors (Lipinski definition) is 1. The van der Waals surface area contributed by atoms with E-state index in [1.807, 2.05) is 12.1 Å². The largest absolute Gasteiger partial charge is 0.326 e. The molecule has 0 fully saturated rings. The smallest absolute Gasteiger partial charge is 0.224 e. The Bertz CT molecular complexity index is 316. The maximum absolute atomic E-state index is 11.5. The number of unbranched alkanes of at least 4 members (excludes halogenated alkanes) is 1. The molecular weight excluding hydrogens is 198 g/mol. The summed E-state index contributed by atoms with van der Waals surface area (Å²) in [5.74, 6) is 0.116. The molecule has 16 heavy (non-hydrogen) atoms. The van der Waals surface area contributed by atoms with Crippen LogP contribution in [0, 0.1) is 0 Å². The van der Waals surface area contributed by atoms with Crippen molar-refractivity contribution in [2.75, 3.05) is 5.32 Å². The highest BCUT2D eigenvalue weighted by atomic mass is 16.1. The summed E-state index contributed by atoms with van der Waals surface area (Å²) in [6.07, 6.45) is 4.89. The lowest BCUT2D eigenvalue weighted by atomic mass is 10.1. The quantitative estimate of drug-likeness (QED) is 0.775. The number of hydrogen-bond acceptors (Lipinski definition) is 1. The Morgan fingerprint density at radius 2 is 1.81 bits per heavy atom. The minimum Gasteiger partial charge on any atom is -0.326 e. The highest BCUT2D eigenvalue weighted by molar-refractivity contribution is 5.90. The van der Waals surface area contributed by atoms with E-state index in [0.29, 0.717) is 6.42 Å². The van der Waals surface area contributed by atoms with Crippen LogP contribution in [0.15, 0.2) is 24.3 Å². The molecule has 0 aliphatic heterocycles. The minimum absolute atomic E-state index is 0.116. The monoisotopic (exact) mass is 219 g/mol. The Morgan fingerprint density at radius 1 is 1.12 bits per heavy atom. The summed E-state index contributed by atoms with van der Waals surface area (Å²) in [4.78, 5) is 11.5. The number of aryl methyl sites for hydroxylation is 1. The molecular formula is C14H21NO. The number of rotatable bonds is 6. The van der Waals surface area contributed by atoms with Crippen LogP contribution in [-0.4, -0.2) is 5.91 Å². The minimum atomic E-state index is 0.116. The van der Waals surface area contributed by atoms with Gasteiger partial charge in [-0.15, -0.1) is 0 Å². The second kappa shape index (κ2) is 7.04. The molecule has 1 aromatic carbocycles. The lowest BCUT2D eigenvalue weighted by Gasteiger charge is -2.05. The molecule has 1 N–H and O–H groups in total. The number of nitrogens with one attached hydrogen (secondary N) is 1. The van der Waals surface area contributed by atoms with Gasteiger partial charge in [-0.05, 0) is 30.5 Å². The highest BCUT2D eigenvalue weighted by Gasteiger charge is 2.01. The van der Waals surface area contributed by atoms with Crippen molar-refractivity contribution in [3.05, 3.63) is 29.8 Å². The average Bonchev–Trinajstić information content (AvgIpc) is 2.29. The van der Waals surface area contributed by atoms with Gasteiger partial charge in [0.05, 0.1) is 0 Å². The summed E-state index contributed by atoms with van der Waals surface area (Å²) in [6, 6.07) is 8.13. The fourth-order valence-electron chi connectivity index (χ4n) is 1.60. The van der Waals surface area contributed by atoms with Gasteiger partial charge in [-0.2, -0.15) is 0 Å². The van der Waals surface area contributed by atoms with E-state index in [1.54, 1.807) is 0 Å². The van der Waals surface area contributed by atoms with E-state index in [-0.39, 0.29) is 5.91 Å². The van der Waals surface area contributed by atoms with Crippen LogP contribution in [0.3, 0.4) is 0 Å². The molecule has 0 radical (unpaired) electrons. The third kappa shape index (κ3) is 4.47. The predicted molar refractivity (Wildman–Crippen MR) is 68.6 cm³/mol. The second-order valence-corrected chi connectivity index (χ2v) is 4.10. The van der Waals surface area contributed by atoms with Crippen LogP contribution in [0.1, 0.15) is 45.1 Å². The van der Waals surface area contributed by atoms with Crippen molar-refractivity contribution in [2.45, 2.75) is 46.0 Å². The molecule has 1 amide bonds. The maximum atomic E-state index is 11.5. The molecule has 2 nitrogen and oxygen atoms in total. The van der Waals surface area contributed by atoms with E-state index < -0.39 is 0 Å². The number of carbonyl (C=O) groups excluding carboxylic acids is 1. The van der Waals surface area contributed by atoms with Gasteiger partial charge >= 0.3 is 0 Å². The summed E-state index contributed by atoms with van der Waals surface area (Å²) >= 11 is 0. The summed E-state index contributed by atoms with van der Waals surface area (Å²) < 4.78 is 0. The van der Waals surface area contributed by atoms with Gasteiger partial charge in [0.2, 0.25) is 5.91 Å². The number of carbonyl (C=O) groups is 1. The molecule has 0 heterocycles. The Balaban J connectivity index is 2.45. The molecule has 0 saturated heterocycles. The lowest BCUT2D eigenvalue weighted by Crippen LogP contribution is -2.10. The van der Waals surface area contributed by atoms with Crippen LogP contribution in [0.5, 0.6) is 0 Å². The highest BCUT2D eigenvalue weighted by Crippen LogP contribution is 2.11. The SMILES string of the molecule is CCCCC(=O)Nc1ccc(CCC)cc1. The van der Waals surface area contributed by atoms with Crippen molar-refractivity contribution in [1.29, 1.82) is 0 Å². The molecule has 0 aliphatic carbocycles. The van der Waals surface area contributed by atoms with E-state index in [0.717, 1.165) is 31.4 Å². The molecule has 0 atom stereocenters. The maximum Gasteiger partial charge on any atom is 0.224 e. The van der Waals surface area contributed by atoms with E-state index in [1.165, 1.54) is 5.56 Å². The molecule has 2 heteroatoms. The van der Waals surface area contributed by atoms with E-state index in [4.69, 9.17) is 0 Å². The summed E-state index contributed by atoms with van der Waals surface area (Å²) in [5, 5.41) is 2.91. The fourth-order valence-corrected chi connectivity index (χ4v) is 1.60. The van der Waals surface area contributed by atoms with Crippen LogP contribution < -0.4 is 5.32 Å². The molecule has 0 spiro atoms. The Morgan fingerprint density at radius 3 is 2.38 bits per heavy atom. The van der Waals surface area contributed by atoms with Crippen molar-refractivity contribution < 1.29 is 4.79 Å². The molecule has 88 valence electrons. The van der Waals surface area contributed by atoms with Gasteiger partial charge in [0.15, 0.2) is 0 Å². The van der Waals surface area contributed by atoms with Gasteiger partial charge in [0.1, 0.15) is 0 Å². The molecule has 1 aromatic rings. The number of amides is 1. The van der Waals surface area contributed by atoms with Gasteiger partial charge < -0.3 is 5.32 Å². The third-order valence-electron chi connectivity index (χ3n) is 2.53. The van der Waals surface area contributed by atoms with Crippen LogP contribution in [0.2, 0.25) is 0 Å². The molecule has 0 aliphatic rings. The van der Waals surface area contributed by atoms with Gasteiger partial charge in [0, 0.05) is 12.1 Å². The van der Waals surface area contributed by atoms with Crippen molar-refractivity contribution in [2.24, 2.45) is 0 Å². The first-order valence-electron chi connectivity index (χ1n) is 6.15. The van der Waals surface area contributed by atoms with Gasteiger partial charge in [-0.3, -0.25) is 4.79 Å². The summed E-state index contributed by atoms with van der Waals surface area (Å²) in [6.45, 7) is 4.26. The summed E-state index contributed by atoms with van der Waals surface area (Å²) in [7, 11) is 0. The first kappa shape index (κ1) is 12.8. The van der Waals surface area contributed by atoms with Crippen LogP contribution in [-0.2, 0) is 11.2 Å². The zero-order valence-corrected chi connectivity index (χ0v) is 10.3. The molecule has 0 aromatic heterocycles. The fraction of sp³-hybridized carbons (Fsp3) is 0.500. The number of anilines is 1. The van der Waals surface area contributed by atoms with E-state index in [9.17, 15) is 4.79 Å². The molecule has 0 saturated carbocycles. The van der Waals surface area contributed by atoms with Crippen molar-refractivity contribution in [1.82, 2.24) is 0 Å². The van der Waals surface area contributed by atoms with Crippen LogP contribution in [0.4, 0.5) is 5.69 Å². The number of benzene rings is 1. The zero-order chi connectivity index (χ0) is 11.8. The van der Waals surface area contributed by atoms with E-state index >= 15 is 0 Å². The molecule has 0 bridgehead atoms. The van der Waals surface area contributed by atoms with Gasteiger partial charge in [0.25, 0.3) is 0 Å². The first-order chi connectivity index (χ1) is 7.76. The lowest BCUT2D eigenvalue weighted by molar-refractivity contribution is -0.116. The first-order valence-corrected chi connectivity index (χ1v) is 6.15. The van der Waals surface area contributed by atoms with E-state index in [2.05, 4.69) is 31.3 Å². The van der Waals surface area contributed by atoms with Crippen molar-refractivity contribution in [3.63, 3.8) is 0 Å². The average molecular weight is 219 g/mol. The Hall–Kier alpha value is -1.31. The second-order valence-electron chi connectivity index (χ2n) is 4.10. The predicted octanol–water partition coefficient (Wildman–Crippen LogP) is 3.77.